The Hall–Kier alpha value is -0.410. The van der Waals surface area contributed by atoms with Gasteiger partial charge in [0.2, 0.25) is 0 Å². The van der Waals surface area contributed by atoms with Crippen molar-refractivity contribution >= 4 is 15.9 Å². The van der Waals surface area contributed by atoms with Crippen molar-refractivity contribution in [2.45, 2.75) is 46.6 Å². The Balaban J connectivity index is 2.62. The summed E-state index contributed by atoms with van der Waals surface area (Å²) in [6, 6.07) is 4.60. The van der Waals surface area contributed by atoms with Crippen molar-refractivity contribution in [2.75, 3.05) is 0 Å². The predicted octanol–water partition coefficient (Wildman–Crippen LogP) is 4.56. The number of hydrogen-bond donors (Lipinski definition) is 1. The van der Waals surface area contributed by atoms with Crippen LogP contribution in [0.5, 0.6) is 0 Å². The van der Waals surface area contributed by atoms with E-state index >= 15 is 0 Å². The van der Waals surface area contributed by atoms with Gasteiger partial charge in [0.15, 0.2) is 0 Å². The number of rotatable bonds is 4. The van der Waals surface area contributed by atoms with Gasteiger partial charge < -0.3 is 5.11 Å². The van der Waals surface area contributed by atoms with E-state index in [4.69, 9.17) is 0 Å². The lowest BCUT2D eigenvalue weighted by Gasteiger charge is -2.29. The van der Waals surface area contributed by atoms with Crippen LogP contribution in [0.4, 0.5) is 4.39 Å². The Kier molecular flexibility index (Phi) is 5.35. The fourth-order valence-electron chi connectivity index (χ4n) is 1.79. The van der Waals surface area contributed by atoms with E-state index < -0.39 is 0 Å². The second kappa shape index (κ2) is 6.16. The highest BCUT2D eigenvalue weighted by Crippen LogP contribution is 2.30. The molecule has 1 aromatic rings. The molecule has 1 nitrogen and oxygen atoms in total. The summed E-state index contributed by atoms with van der Waals surface area (Å²) in [5.74, 6) is 0.176. The summed E-state index contributed by atoms with van der Waals surface area (Å²) < 4.78 is 13.7. The van der Waals surface area contributed by atoms with E-state index in [1.807, 2.05) is 0 Å². The molecule has 18 heavy (non-hydrogen) atoms. The second-order valence-corrected chi connectivity index (χ2v) is 6.95. The standard InChI is InChI=1S/C15H22BrFO/c1-10(15(2,3)4)7-13(18)8-11-5-6-12(17)9-14(11)16/h5-6,9-10,13,18H,7-8H2,1-4H3. The van der Waals surface area contributed by atoms with E-state index in [0.29, 0.717) is 12.3 Å². The van der Waals surface area contributed by atoms with Crippen LogP contribution >= 0.6 is 15.9 Å². The van der Waals surface area contributed by atoms with Crippen molar-refractivity contribution < 1.29 is 9.50 Å². The van der Waals surface area contributed by atoms with E-state index in [2.05, 4.69) is 43.6 Å². The van der Waals surface area contributed by atoms with Gasteiger partial charge in [0.25, 0.3) is 0 Å². The van der Waals surface area contributed by atoms with Crippen LogP contribution in [0.2, 0.25) is 0 Å². The lowest BCUT2D eigenvalue weighted by atomic mass is 9.78. The molecule has 0 fully saturated rings. The average molecular weight is 317 g/mol. The molecular formula is C15H22BrFO. The Morgan fingerprint density at radius 3 is 2.44 bits per heavy atom. The molecule has 0 heterocycles. The van der Waals surface area contributed by atoms with Gasteiger partial charge in [0, 0.05) is 4.47 Å². The van der Waals surface area contributed by atoms with Gasteiger partial charge >= 0.3 is 0 Å². The van der Waals surface area contributed by atoms with Crippen molar-refractivity contribution in [1.29, 1.82) is 0 Å². The molecule has 0 saturated heterocycles. The zero-order valence-electron chi connectivity index (χ0n) is 11.5. The van der Waals surface area contributed by atoms with Gasteiger partial charge in [-0.05, 0) is 41.9 Å². The molecule has 3 heteroatoms. The smallest absolute Gasteiger partial charge is 0.124 e. The highest BCUT2D eigenvalue weighted by Gasteiger charge is 2.23. The first kappa shape index (κ1) is 15.6. The molecule has 0 bridgehead atoms. The van der Waals surface area contributed by atoms with E-state index in [9.17, 15) is 9.50 Å². The first-order chi connectivity index (χ1) is 8.20. The summed E-state index contributed by atoms with van der Waals surface area (Å²) in [4.78, 5) is 0. The zero-order valence-corrected chi connectivity index (χ0v) is 13.1. The molecule has 1 aromatic carbocycles. The number of aliphatic hydroxyl groups excluding tert-OH is 1. The third kappa shape index (κ3) is 4.69. The maximum atomic E-state index is 13.0. The molecule has 0 radical (unpaired) electrons. The maximum Gasteiger partial charge on any atom is 0.124 e. The first-order valence-electron chi connectivity index (χ1n) is 6.32. The number of benzene rings is 1. The molecule has 2 atom stereocenters. The summed E-state index contributed by atoms with van der Waals surface area (Å²) in [6.07, 6.45) is 0.926. The van der Waals surface area contributed by atoms with Crippen molar-refractivity contribution in [2.24, 2.45) is 11.3 Å². The predicted molar refractivity (Wildman–Crippen MR) is 77.0 cm³/mol. The molecule has 0 aliphatic rings. The van der Waals surface area contributed by atoms with Gasteiger partial charge in [-0.25, -0.2) is 4.39 Å². The fraction of sp³-hybridized carbons (Fsp3) is 0.600. The molecule has 0 aliphatic carbocycles. The van der Waals surface area contributed by atoms with E-state index in [0.717, 1.165) is 16.5 Å². The topological polar surface area (TPSA) is 20.2 Å². The van der Waals surface area contributed by atoms with Crippen molar-refractivity contribution in [3.8, 4) is 0 Å². The molecule has 1 N–H and O–H groups in total. The van der Waals surface area contributed by atoms with Crippen LogP contribution in [0, 0.1) is 17.2 Å². The monoisotopic (exact) mass is 316 g/mol. The lowest BCUT2D eigenvalue weighted by Crippen LogP contribution is -2.24. The Morgan fingerprint density at radius 1 is 1.33 bits per heavy atom. The molecular weight excluding hydrogens is 295 g/mol. The molecule has 0 spiro atoms. The van der Waals surface area contributed by atoms with Crippen LogP contribution in [0.1, 0.15) is 39.7 Å². The minimum absolute atomic E-state index is 0.195. The molecule has 0 aliphatic heterocycles. The zero-order chi connectivity index (χ0) is 13.9. The number of halogens is 2. The fourth-order valence-corrected chi connectivity index (χ4v) is 2.30. The maximum absolute atomic E-state index is 13.0. The van der Waals surface area contributed by atoms with Crippen molar-refractivity contribution in [1.82, 2.24) is 0 Å². The van der Waals surface area contributed by atoms with Gasteiger partial charge in [0.05, 0.1) is 6.10 Å². The second-order valence-electron chi connectivity index (χ2n) is 6.10. The number of hydrogen-bond acceptors (Lipinski definition) is 1. The SMILES string of the molecule is CC(CC(O)Cc1ccc(F)cc1Br)C(C)(C)C. The molecule has 2 unspecified atom stereocenters. The first-order valence-corrected chi connectivity index (χ1v) is 7.11. The molecule has 0 saturated carbocycles. The largest absolute Gasteiger partial charge is 0.393 e. The normalized spacial score (nSPS) is 15.5. The highest BCUT2D eigenvalue weighted by atomic mass is 79.9. The Bertz CT molecular complexity index is 398. The minimum atomic E-state index is -0.388. The van der Waals surface area contributed by atoms with Crippen LogP contribution in [-0.2, 0) is 6.42 Å². The molecule has 0 aromatic heterocycles. The molecule has 0 amide bonds. The van der Waals surface area contributed by atoms with Gasteiger partial charge in [-0.3, -0.25) is 0 Å². The van der Waals surface area contributed by atoms with E-state index in [1.165, 1.54) is 12.1 Å². The van der Waals surface area contributed by atoms with Crippen LogP contribution in [0.25, 0.3) is 0 Å². The van der Waals surface area contributed by atoms with Crippen LogP contribution in [-0.4, -0.2) is 11.2 Å². The van der Waals surface area contributed by atoms with Gasteiger partial charge in [0.1, 0.15) is 5.82 Å². The Morgan fingerprint density at radius 2 is 1.94 bits per heavy atom. The summed E-state index contributed by atoms with van der Waals surface area (Å²) >= 11 is 3.33. The van der Waals surface area contributed by atoms with Crippen molar-refractivity contribution in [3.05, 3.63) is 34.1 Å². The van der Waals surface area contributed by atoms with Gasteiger partial charge in [-0.1, -0.05) is 49.7 Å². The van der Waals surface area contributed by atoms with Gasteiger partial charge in [-0.2, -0.15) is 0 Å². The van der Waals surface area contributed by atoms with Crippen LogP contribution in [0.3, 0.4) is 0 Å². The van der Waals surface area contributed by atoms with Gasteiger partial charge in [-0.15, -0.1) is 0 Å². The summed E-state index contributed by atoms with van der Waals surface area (Å²) in [7, 11) is 0. The molecule has 1 rings (SSSR count). The Labute approximate surface area is 118 Å². The highest BCUT2D eigenvalue weighted by molar-refractivity contribution is 9.10. The lowest BCUT2D eigenvalue weighted by molar-refractivity contribution is 0.110. The quantitative estimate of drug-likeness (QED) is 0.863. The third-order valence-electron chi connectivity index (χ3n) is 3.57. The van der Waals surface area contributed by atoms with E-state index in [1.54, 1.807) is 6.07 Å². The summed E-state index contributed by atoms with van der Waals surface area (Å²) in [6.45, 7) is 8.69. The van der Waals surface area contributed by atoms with E-state index in [-0.39, 0.29) is 17.3 Å². The third-order valence-corrected chi connectivity index (χ3v) is 4.31. The summed E-state index contributed by atoms with van der Waals surface area (Å²) in [5, 5.41) is 10.1. The summed E-state index contributed by atoms with van der Waals surface area (Å²) in [5.41, 5.74) is 1.14. The van der Waals surface area contributed by atoms with Crippen molar-refractivity contribution in [3.63, 3.8) is 0 Å². The minimum Gasteiger partial charge on any atom is -0.393 e. The number of aliphatic hydroxyl groups is 1. The van der Waals surface area contributed by atoms with Crippen LogP contribution < -0.4 is 0 Å². The molecule has 102 valence electrons. The average Bonchev–Trinajstić information content (AvgIpc) is 2.20. The van der Waals surface area contributed by atoms with Crippen LogP contribution in [0.15, 0.2) is 22.7 Å².